The van der Waals surface area contributed by atoms with Gasteiger partial charge in [-0.25, -0.2) is 4.99 Å². The molecular formula is C30H31N5O2. The summed E-state index contributed by atoms with van der Waals surface area (Å²) >= 11 is 0. The lowest BCUT2D eigenvalue weighted by Gasteiger charge is -2.19. The van der Waals surface area contributed by atoms with E-state index in [9.17, 15) is 5.26 Å². The molecule has 7 nitrogen and oxygen atoms in total. The molecule has 0 spiro atoms. The van der Waals surface area contributed by atoms with Crippen molar-refractivity contribution in [1.82, 2.24) is 15.6 Å². The number of methoxy groups -OCH3 is 1. The molecule has 1 unspecified atom stereocenters. The molecule has 1 fully saturated rings. The van der Waals surface area contributed by atoms with Crippen molar-refractivity contribution in [2.75, 3.05) is 13.7 Å². The zero-order chi connectivity index (χ0) is 25.7. The van der Waals surface area contributed by atoms with Gasteiger partial charge in [0.2, 0.25) is 5.96 Å². The Hall–Kier alpha value is -4.49. The van der Waals surface area contributed by atoms with Gasteiger partial charge < -0.3 is 14.8 Å². The van der Waals surface area contributed by atoms with Gasteiger partial charge in [-0.1, -0.05) is 36.1 Å². The quantitative estimate of drug-likeness (QED) is 0.155. The molecule has 0 amide bonds. The van der Waals surface area contributed by atoms with Crippen molar-refractivity contribution >= 4 is 5.96 Å². The summed E-state index contributed by atoms with van der Waals surface area (Å²) in [5.41, 5.74) is 2.93. The van der Waals surface area contributed by atoms with Crippen LogP contribution < -0.4 is 20.1 Å². The number of aromatic nitrogens is 1. The maximum Gasteiger partial charge on any atom is 0.205 e. The van der Waals surface area contributed by atoms with E-state index in [1.165, 1.54) is 12.8 Å². The molecule has 1 atom stereocenters. The molecule has 0 saturated heterocycles. The molecule has 0 bridgehead atoms. The fourth-order valence-corrected chi connectivity index (χ4v) is 4.18. The van der Waals surface area contributed by atoms with Crippen molar-refractivity contribution in [1.29, 1.82) is 5.26 Å². The smallest absolute Gasteiger partial charge is 0.205 e. The van der Waals surface area contributed by atoms with E-state index in [0.717, 1.165) is 35.3 Å². The monoisotopic (exact) mass is 493 g/mol. The number of pyridine rings is 1. The summed E-state index contributed by atoms with van der Waals surface area (Å²) in [5, 5.41) is 15.2. The highest BCUT2D eigenvalue weighted by atomic mass is 16.5. The summed E-state index contributed by atoms with van der Waals surface area (Å²) < 4.78 is 11.9. The third-order valence-electron chi connectivity index (χ3n) is 6.17. The Labute approximate surface area is 218 Å². The standard InChI is InChI=1S/C30H31N5O2/c1-36-28-14-13-25(19-29(28)37-27-9-5-6-10-27)26(12-11-23-7-3-2-4-8-23)21-34-30(35-22-31)33-20-24-15-17-32-18-16-24/h2-4,7-8,13-19,26-27H,5-6,9-10,20-21H2,1H3,(H2,33,34,35). The Morgan fingerprint density at radius 3 is 2.59 bits per heavy atom. The van der Waals surface area contributed by atoms with Crippen LogP contribution >= 0.6 is 0 Å². The van der Waals surface area contributed by atoms with Gasteiger partial charge >= 0.3 is 0 Å². The molecule has 1 saturated carbocycles. The number of hydrogen-bond acceptors (Lipinski definition) is 5. The maximum absolute atomic E-state index is 9.25. The van der Waals surface area contributed by atoms with Gasteiger partial charge in [-0.15, -0.1) is 0 Å². The van der Waals surface area contributed by atoms with Crippen LogP contribution in [0.25, 0.3) is 0 Å². The Kier molecular flexibility index (Phi) is 9.38. The molecule has 2 aromatic carbocycles. The van der Waals surface area contributed by atoms with Crippen LogP contribution in [0.1, 0.15) is 48.3 Å². The molecule has 3 aromatic rings. The van der Waals surface area contributed by atoms with Crippen LogP contribution in [0.5, 0.6) is 11.5 Å². The van der Waals surface area contributed by atoms with E-state index in [-0.39, 0.29) is 12.0 Å². The lowest BCUT2D eigenvalue weighted by Crippen LogP contribution is -2.37. The van der Waals surface area contributed by atoms with Gasteiger partial charge in [0, 0.05) is 24.5 Å². The topological polar surface area (TPSA) is 91.6 Å². The minimum Gasteiger partial charge on any atom is -0.493 e. The maximum atomic E-state index is 9.25. The minimum absolute atomic E-state index is 0.191. The first-order valence-corrected chi connectivity index (χ1v) is 12.5. The summed E-state index contributed by atoms with van der Waals surface area (Å²) in [4.78, 5) is 8.56. The predicted molar refractivity (Wildman–Crippen MR) is 144 cm³/mol. The molecule has 2 N–H and O–H groups in total. The van der Waals surface area contributed by atoms with Crippen molar-refractivity contribution < 1.29 is 9.47 Å². The molecule has 1 aliphatic rings. The van der Waals surface area contributed by atoms with E-state index in [1.54, 1.807) is 19.5 Å². The predicted octanol–water partition coefficient (Wildman–Crippen LogP) is 4.76. The molecule has 37 heavy (non-hydrogen) atoms. The Morgan fingerprint density at radius 2 is 1.86 bits per heavy atom. The average molecular weight is 494 g/mol. The van der Waals surface area contributed by atoms with Crippen molar-refractivity contribution in [2.45, 2.75) is 44.2 Å². The molecule has 0 radical (unpaired) electrons. The molecule has 1 heterocycles. The number of nitrogens with zero attached hydrogens (tertiary/aromatic N) is 3. The molecule has 7 heteroatoms. The van der Waals surface area contributed by atoms with Crippen LogP contribution in [-0.2, 0) is 6.54 Å². The fourth-order valence-electron chi connectivity index (χ4n) is 4.18. The normalized spacial score (nSPS) is 14.1. The molecule has 4 rings (SSSR count). The molecule has 1 aliphatic carbocycles. The van der Waals surface area contributed by atoms with Crippen LogP contribution in [0.2, 0.25) is 0 Å². The van der Waals surface area contributed by atoms with Gasteiger partial charge in [-0.2, -0.15) is 5.26 Å². The Balaban J connectivity index is 1.57. The van der Waals surface area contributed by atoms with Crippen LogP contribution in [0.3, 0.4) is 0 Å². The SMILES string of the molecule is COc1ccc(C(C#Cc2ccccc2)CNC(=NCc2ccncc2)NC#N)cc1OC1CCCC1. The average Bonchev–Trinajstić information content (AvgIpc) is 3.46. The number of benzene rings is 2. The number of aliphatic imine (C=N–C) groups is 1. The highest BCUT2D eigenvalue weighted by molar-refractivity contribution is 5.81. The number of guanidine groups is 1. The van der Waals surface area contributed by atoms with Crippen molar-refractivity contribution in [3.63, 3.8) is 0 Å². The highest BCUT2D eigenvalue weighted by Gasteiger charge is 2.20. The largest absolute Gasteiger partial charge is 0.493 e. The molecule has 1 aromatic heterocycles. The number of hydrogen-bond donors (Lipinski definition) is 2. The third-order valence-corrected chi connectivity index (χ3v) is 6.17. The molecule has 0 aliphatic heterocycles. The van der Waals surface area contributed by atoms with Gasteiger partial charge in [0.25, 0.3) is 0 Å². The highest BCUT2D eigenvalue weighted by Crippen LogP contribution is 2.34. The van der Waals surface area contributed by atoms with Crippen LogP contribution in [0, 0.1) is 23.3 Å². The van der Waals surface area contributed by atoms with Crippen LogP contribution in [-0.4, -0.2) is 30.7 Å². The van der Waals surface area contributed by atoms with Crippen molar-refractivity contribution in [2.24, 2.45) is 4.99 Å². The number of rotatable bonds is 8. The van der Waals surface area contributed by atoms with Gasteiger partial charge in [-0.3, -0.25) is 10.3 Å². The van der Waals surface area contributed by atoms with Crippen molar-refractivity contribution in [3.8, 4) is 29.5 Å². The second kappa shape index (κ2) is 13.6. The van der Waals surface area contributed by atoms with Gasteiger partial charge in [0.15, 0.2) is 17.7 Å². The van der Waals surface area contributed by atoms with E-state index < -0.39 is 0 Å². The third kappa shape index (κ3) is 7.75. The summed E-state index contributed by atoms with van der Waals surface area (Å²) in [6, 6.07) is 19.6. The summed E-state index contributed by atoms with van der Waals surface area (Å²) in [6.07, 6.45) is 10.1. The number of nitrogens with one attached hydrogen (secondary N) is 2. The zero-order valence-corrected chi connectivity index (χ0v) is 21.0. The van der Waals surface area contributed by atoms with Crippen molar-refractivity contribution in [3.05, 3.63) is 89.7 Å². The van der Waals surface area contributed by atoms with Gasteiger partial charge in [0.05, 0.1) is 25.7 Å². The van der Waals surface area contributed by atoms with Crippen LogP contribution in [0.15, 0.2) is 78.0 Å². The summed E-state index contributed by atoms with van der Waals surface area (Å²) in [7, 11) is 1.66. The Morgan fingerprint density at radius 1 is 1.08 bits per heavy atom. The lowest BCUT2D eigenvalue weighted by molar-refractivity contribution is 0.200. The first-order valence-electron chi connectivity index (χ1n) is 12.5. The van der Waals surface area contributed by atoms with Gasteiger partial charge in [-0.05, 0) is 73.2 Å². The molecular weight excluding hydrogens is 462 g/mol. The van der Waals surface area contributed by atoms with E-state index in [4.69, 9.17) is 9.47 Å². The second-order valence-electron chi connectivity index (χ2n) is 8.76. The molecule has 188 valence electrons. The first kappa shape index (κ1) is 25.6. The van der Waals surface area contributed by atoms with Crippen LogP contribution in [0.4, 0.5) is 0 Å². The summed E-state index contributed by atoms with van der Waals surface area (Å²) in [6.45, 7) is 0.862. The van der Waals surface area contributed by atoms with E-state index in [2.05, 4.69) is 32.5 Å². The summed E-state index contributed by atoms with van der Waals surface area (Å²) in [5.74, 6) is 8.33. The fraction of sp³-hybridized carbons (Fsp3) is 0.300. The van der Waals surface area contributed by atoms with E-state index in [0.29, 0.717) is 24.8 Å². The Bertz CT molecular complexity index is 1270. The minimum atomic E-state index is -0.191. The first-order chi connectivity index (χ1) is 18.2. The number of nitriles is 1. The second-order valence-corrected chi connectivity index (χ2v) is 8.76. The lowest BCUT2D eigenvalue weighted by atomic mass is 9.98. The van der Waals surface area contributed by atoms with E-state index >= 15 is 0 Å². The zero-order valence-electron chi connectivity index (χ0n) is 21.0. The number of ether oxygens (including phenoxy) is 2. The van der Waals surface area contributed by atoms with E-state index in [1.807, 2.05) is 66.9 Å². The van der Waals surface area contributed by atoms with Gasteiger partial charge in [0.1, 0.15) is 0 Å².